The van der Waals surface area contributed by atoms with Gasteiger partial charge in [-0.1, -0.05) is 13.8 Å². The van der Waals surface area contributed by atoms with E-state index in [0.717, 1.165) is 26.1 Å². The molecule has 0 aromatic heterocycles. The van der Waals surface area contributed by atoms with Crippen LogP contribution in [0.4, 0.5) is 0 Å². The lowest BCUT2D eigenvalue weighted by molar-refractivity contribution is -0.0406. The van der Waals surface area contributed by atoms with Crippen LogP contribution < -0.4 is 5.73 Å². The molecular formula is C10H22N2O. The second-order valence-electron chi connectivity index (χ2n) is 3.78. The van der Waals surface area contributed by atoms with Crippen molar-refractivity contribution in [2.75, 3.05) is 26.2 Å². The summed E-state index contributed by atoms with van der Waals surface area (Å²) in [6, 6.07) is 0.208. The van der Waals surface area contributed by atoms with Crippen molar-refractivity contribution in [2.45, 2.75) is 38.8 Å². The molecule has 1 rings (SSSR count). The number of hydrogen-bond acceptors (Lipinski definition) is 3. The van der Waals surface area contributed by atoms with E-state index in [2.05, 4.69) is 18.7 Å². The molecular weight excluding hydrogens is 164 g/mol. The molecule has 0 spiro atoms. The maximum atomic E-state index is 5.95. The van der Waals surface area contributed by atoms with E-state index in [1.807, 2.05) is 0 Å². The molecule has 0 aliphatic carbocycles. The van der Waals surface area contributed by atoms with Crippen LogP contribution in [0.15, 0.2) is 0 Å². The minimum absolute atomic E-state index is 0.208. The van der Waals surface area contributed by atoms with Crippen LogP contribution in [0.2, 0.25) is 0 Å². The highest BCUT2D eigenvalue weighted by Gasteiger charge is 2.23. The number of ether oxygens (including phenoxy) is 1. The quantitative estimate of drug-likeness (QED) is 0.707. The summed E-state index contributed by atoms with van der Waals surface area (Å²) in [5.41, 5.74) is 5.95. The van der Waals surface area contributed by atoms with E-state index in [9.17, 15) is 0 Å². The van der Waals surface area contributed by atoms with Crippen LogP contribution in [0, 0.1) is 0 Å². The van der Waals surface area contributed by atoms with Crippen molar-refractivity contribution in [1.29, 1.82) is 0 Å². The van der Waals surface area contributed by atoms with Gasteiger partial charge in [-0.25, -0.2) is 0 Å². The Kier molecular flexibility index (Phi) is 4.70. The Morgan fingerprint density at radius 3 is 2.92 bits per heavy atom. The molecule has 1 unspecified atom stereocenters. The summed E-state index contributed by atoms with van der Waals surface area (Å²) in [6.45, 7) is 8.44. The molecule has 1 fully saturated rings. The Bertz CT molecular complexity index is 139. The summed E-state index contributed by atoms with van der Waals surface area (Å²) in [6.07, 6.45) is 2.48. The van der Waals surface area contributed by atoms with Gasteiger partial charge in [0.15, 0.2) is 0 Å². The van der Waals surface area contributed by atoms with Gasteiger partial charge in [-0.15, -0.1) is 0 Å². The number of nitrogens with zero attached hydrogens (tertiary/aromatic N) is 1. The molecule has 0 radical (unpaired) electrons. The average Bonchev–Trinajstić information content (AvgIpc) is 2.18. The predicted molar refractivity (Wildman–Crippen MR) is 54.7 cm³/mol. The first kappa shape index (κ1) is 11.0. The van der Waals surface area contributed by atoms with E-state index in [-0.39, 0.29) is 12.1 Å². The lowest BCUT2D eigenvalue weighted by Crippen LogP contribution is -2.50. The summed E-state index contributed by atoms with van der Waals surface area (Å²) < 4.78 is 5.64. The van der Waals surface area contributed by atoms with E-state index in [4.69, 9.17) is 10.5 Å². The summed E-state index contributed by atoms with van der Waals surface area (Å²) in [5, 5.41) is 0. The first-order valence-corrected chi connectivity index (χ1v) is 5.37. The topological polar surface area (TPSA) is 38.5 Å². The lowest BCUT2D eigenvalue weighted by Gasteiger charge is -2.35. The van der Waals surface area contributed by atoms with Gasteiger partial charge in [0.05, 0.1) is 12.7 Å². The Morgan fingerprint density at radius 2 is 2.31 bits per heavy atom. The second-order valence-corrected chi connectivity index (χ2v) is 3.78. The van der Waals surface area contributed by atoms with Gasteiger partial charge in [0.1, 0.15) is 0 Å². The molecule has 0 bridgehead atoms. The summed E-state index contributed by atoms with van der Waals surface area (Å²) in [5.74, 6) is 0. The SMILES string of the molecule is CCCN1CCOC([C@@H](N)CC)C1. The van der Waals surface area contributed by atoms with Crippen molar-refractivity contribution in [3.8, 4) is 0 Å². The first-order valence-electron chi connectivity index (χ1n) is 5.37. The summed E-state index contributed by atoms with van der Waals surface area (Å²) in [4.78, 5) is 2.45. The van der Waals surface area contributed by atoms with Crippen LogP contribution >= 0.6 is 0 Å². The molecule has 1 aliphatic rings. The van der Waals surface area contributed by atoms with Gasteiger partial charge in [-0.2, -0.15) is 0 Å². The molecule has 2 atom stereocenters. The van der Waals surface area contributed by atoms with Gasteiger partial charge in [0, 0.05) is 19.1 Å². The van der Waals surface area contributed by atoms with Gasteiger partial charge in [0.2, 0.25) is 0 Å². The van der Waals surface area contributed by atoms with Crippen LogP contribution in [-0.2, 0) is 4.74 Å². The van der Waals surface area contributed by atoms with Crippen molar-refractivity contribution < 1.29 is 4.74 Å². The fourth-order valence-electron chi connectivity index (χ4n) is 1.77. The van der Waals surface area contributed by atoms with Crippen LogP contribution in [0.1, 0.15) is 26.7 Å². The molecule has 13 heavy (non-hydrogen) atoms. The normalized spacial score (nSPS) is 27.5. The van der Waals surface area contributed by atoms with Crippen LogP contribution in [0.5, 0.6) is 0 Å². The molecule has 3 nitrogen and oxygen atoms in total. The standard InChI is InChI=1S/C10H22N2O/c1-3-5-12-6-7-13-10(8-12)9(11)4-2/h9-10H,3-8,11H2,1-2H3/t9-,10?/m0/s1. The van der Waals surface area contributed by atoms with E-state index in [1.165, 1.54) is 13.0 Å². The van der Waals surface area contributed by atoms with E-state index < -0.39 is 0 Å². The molecule has 0 aromatic rings. The molecule has 1 aliphatic heterocycles. The van der Waals surface area contributed by atoms with Crippen LogP contribution in [0.3, 0.4) is 0 Å². The molecule has 2 N–H and O–H groups in total. The van der Waals surface area contributed by atoms with Crippen LogP contribution in [0.25, 0.3) is 0 Å². The zero-order valence-corrected chi connectivity index (χ0v) is 8.83. The molecule has 0 amide bonds. The minimum Gasteiger partial charge on any atom is -0.374 e. The Labute approximate surface area is 81.2 Å². The smallest absolute Gasteiger partial charge is 0.0853 e. The molecule has 0 saturated carbocycles. The number of rotatable bonds is 4. The minimum atomic E-state index is 0.208. The van der Waals surface area contributed by atoms with Crippen molar-refractivity contribution in [1.82, 2.24) is 4.90 Å². The zero-order valence-electron chi connectivity index (χ0n) is 8.83. The van der Waals surface area contributed by atoms with Gasteiger partial charge in [0.25, 0.3) is 0 Å². The third-order valence-corrected chi connectivity index (χ3v) is 2.67. The highest BCUT2D eigenvalue weighted by molar-refractivity contribution is 4.79. The maximum Gasteiger partial charge on any atom is 0.0853 e. The maximum absolute atomic E-state index is 5.95. The number of morpholine rings is 1. The van der Waals surface area contributed by atoms with Gasteiger partial charge in [-0.05, 0) is 19.4 Å². The van der Waals surface area contributed by atoms with Crippen molar-refractivity contribution in [3.05, 3.63) is 0 Å². The average molecular weight is 186 g/mol. The fraction of sp³-hybridized carbons (Fsp3) is 1.00. The van der Waals surface area contributed by atoms with Crippen molar-refractivity contribution >= 4 is 0 Å². The zero-order chi connectivity index (χ0) is 9.68. The van der Waals surface area contributed by atoms with E-state index in [1.54, 1.807) is 0 Å². The van der Waals surface area contributed by atoms with Gasteiger partial charge < -0.3 is 10.5 Å². The highest BCUT2D eigenvalue weighted by Crippen LogP contribution is 2.09. The highest BCUT2D eigenvalue weighted by atomic mass is 16.5. The second kappa shape index (κ2) is 5.58. The monoisotopic (exact) mass is 186 g/mol. The number of nitrogens with two attached hydrogens (primary N) is 1. The lowest BCUT2D eigenvalue weighted by atomic mass is 10.1. The van der Waals surface area contributed by atoms with Crippen molar-refractivity contribution in [2.24, 2.45) is 5.73 Å². The fourth-order valence-corrected chi connectivity index (χ4v) is 1.77. The Balaban J connectivity index is 2.32. The van der Waals surface area contributed by atoms with Crippen LogP contribution in [-0.4, -0.2) is 43.3 Å². The predicted octanol–water partition coefficient (Wildman–Crippen LogP) is 0.834. The van der Waals surface area contributed by atoms with Crippen molar-refractivity contribution in [3.63, 3.8) is 0 Å². The first-order chi connectivity index (χ1) is 6.27. The molecule has 1 heterocycles. The molecule has 78 valence electrons. The third kappa shape index (κ3) is 3.25. The Hall–Kier alpha value is -0.120. The molecule has 1 saturated heterocycles. The van der Waals surface area contributed by atoms with Gasteiger partial charge in [-0.3, -0.25) is 4.90 Å². The Morgan fingerprint density at radius 1 is 1.54 bits per heavy atom. The van der Waals surface area contributed by atoms with E-state index >= 15 is 0 Å². The molecule has 0 aromatic carbocycles. The largest absolute Gasteiger partial charge is 0.374 e. The van der Waals surface area contributed by atoms with Gasteiger partial charge >= 0.3 is 0 Å². The summed E-state index contributed by atoms with van der Waals surface area (Å²) in [7, 11) is 0. The third-order valence-electron chi connectivity index (χ3n) is 2.67. The number of hydrogen-bond donors (Lipinski definition) is 1. The van der Waals surface area contributed by atoms with E-state index in [0.29, 0.717) is 0 Å². The molecule has 3 heteroatoms. The summed E-state index contributed by atoms with van der Waals surface area (Å²) >= 11 is 0.